The molecule has 1 saturated heterocycles. The van der Waals surface area contributed by atoms with Crippen LogP contribution in [0.25, 0.3) is 0 Å². The summed E-state index contributed by atoms with van der Waals surface area (Å²) in [5.41, 5.74) is 1.33. The number of hydrogen-bond acceptors (Lipinski definition) is 3. The summed E-state index contributed by atoms with van der Waals surface area (Å²) >= 11 is 0. The fourth-order valence-corrected chi connectivity index (χ4v) is 3.02. The van der Waals surface area contributed by atoms with E-state index in [1.807, 2.05) is 6.20 Å². The molecular weight excluding hydrogens is 246 g/mol. The summed E-state index contributed by atoms with van der Waals surface area (Å²) in [6.45, 7) is 8.75. The van der Waals surface area contributed by atoms with Crippen molar-refractivity contribution in [2.24, 2.45) is 0 Å². The molecule has 1 N–H and O–H groups in total. The summed E-state index contributed by atoms with van der Waals surface area (Å²) in [5, 5.41) is 3.52. The Bertz CT molecular complexity index is 403. The maximum atomic E-state index is 4.71. The fourth-order valence-electron chi connectivity index (χ4n) is 3.02. The Morgan fingerprint density at radius 2 is 2.20 bits per heavy atom. The van der Waals surface area contributed by atoms with E-state index in [-0.39, 0.29) is 0 Å². The molecule has 1 unspecified atom stereocenters. The molecule has 0 spiro atoms. The summed E-state index contributed by atoms with van der Waals surface area (Å²) in [6, 6.07) is 5.44. The Balaban J connectivity index is 2.20. The normalized spacial score (nSPS) is 20.2. The Labute approximate surface area is 123 Å². The van der Waals surface area contributed by atoms with Crippen molar-refractivity contribution in [3.63, 3.8) is 0 Å². The molecule has 0 saturated carbocycles. The molecule has 112 valence electrons. The highest BCUT2D eigenvalue weighted by atomic mass is 15.2. The van der Waals surface area contributed by atoms with Crippen molar-refractivity contribution in [1.82, 2.24) is 10.3 Å². The molecule has 0 amide bonds. The molecule has 0 radical (unpaired) electrons. The van der Waals surface area contributed by atoms with Gasteiger partial charge in [-0.1, -0.05) is 39.7 Å². The zero-order chi connectivity index (χ0) is 14.4. The van der Waals surface area contributed by atoms with Crippen LogP contribution in [0.2, 0.25) is 0 Å². The lowest BCUT2D eigenvalue weighted by Gasteiger charge is -2.32. The van der Waals surface area contributed by atoms with Gasteiger partial charge in [0.2, 0.25) is 0 Å². The van der Waals surface area contributed by atoms with E-state index in [1.54, 1.807) is 0 Å². The van der Waals surface area contributed by atoms with Crippen LogP contribution in [0.15, 0.2) is 18.3 Å². The summed E-state index contributed by atoms with van der Waals surface area (Å²) in [5.74, 6) is 1.20. The van der Waals surface area contributed by atoms with Gasteiger partial charge < -0.3 is 10.2 Å². The van der Waals surface area contributed by atoms with Crippen LogP contribution in [0.1, 0.15) is 58.4 Å². The lowest BCUT2D eigenvalue weighted by Crippen LogP contribution is -2.36. The van der Waals surface area contributed by atoms with Crippen molar-refractivity contribution >= 4 is 5.82 Å². The highest BCUT2D eigenvalue weighted by Gasteiger charge is 2.22. The quantitative estimate of drug-likeness (QED) is 0.887. The van der Waals surface area contributed by atoms with Crippen LogP contribution >= 0.6 is 0 Å². The van der Waals surface area contributed by atoms with Gasteiger partial charge in [-0.25, -0.2) is 4.98 Å². The second kappa shape index (κ2) is 7.63. The Kier molecular flexibility index (Phi) is 5.84. The Morgan fingerprint density at radius 1 is 1.35 bits per heavy atom. The maximum Gasteiger partial charge on any atom is 0.133 e. The first-order valence-electron chi connectivity index (χ1n) is 8.16. The number of nitrogens with zero attached hydrogens (tertiary/aromatic N) is 2. The van der Waals surface area contributed by atoms with Gasteiger partial charge >= 0.3 is 0 Å². The third-order valence-corrected chi connectivity index (χ3v) is 4.19. The molecule has 0 bridgehead atoms. The number of pyridine rings is 1. The highest BCUT2D eigenvalue weighted by Crippen LogP contribution is 2.27. The van der Waals surface area contributed by atoms with Crippen molar-refractivity contribution in [1.29, 1.82) is 0 Å². The maximum absolute atomic E-state index is 4.71. The van der Waals surface area contributed by atoms with Crippen molar-refractivity contribution in [3.05, 3.63) is 23.9 Å². The SMILES string of the molecule is CCC1CCCCCN1c1ncccc1CNC(C)C. The van der Waals surface area contributed by atoms with E-state index in [1.165, 1.54) is 43.5 Å². The smallest absolute Gasteiger partial charge is 0.133 e. The predicted molar refractivity (Wildman–Crippen MR) is 86.1 cm³/mol. The third-order valence-electron chi connectivity index (χ3n) is 4.19. The molecule has 20 heavy (non-hydrogen) atoms. The van der Waals surface area contributed by atoms with Gasteiger partial charge in [-0.05, 0) is 25.3 Å². The molecular formula is C17H29N3. The summed E-state index contributed by atoms with van der Waals surface area (Å²) in [4.78, 5) is 7.27. The van der Waals surface area contributed by atoms with Crippen LogP contribution in [0, 0.1) is 0 Å². The number of hydrogen-bond donors (Lipinski definition) is 1. The van der Waals surface area contributed by atoms with Crippen molar-refractivity contribution in [2.75, 3.05) is 11.4 Å². The van der Waals surface area contributed by atoms with Gasteiger partial charge in [0.1, 0.15) is 5.82 Å². The Morgan fingerprint density at radius 3 is 2.95 bits per heavy atom. The average molecular weight is 275 g/mol. The van der Waals surface area contributed by atoms with Crippen LogP contribution in [-0.4, -0.2) is 23.6 Å². The van der Waals surface area contributed by atoms with Gasteiger partial charge in [0, 0.05) is 36.9 Å². The van der Waals surface area contributed by atoms with Crippen LogP contribution < -0.4 is 10.2 Å². The largest absolute Gasteiger partial charge is 0.353 e. The molecule has 0 aromatic carbocycles. The van der Waals surface area contributed by atoms with E-state index in [0.717, 1.165) is 13.1 Å². The first kappa shape index (κ1) is 15.3. The van der Waals surface area contributed by atoms with E-state index in [0.29, 0.717) is 12.1 Å². The molecule has 3 nitrogen and oxygen atoms in total. The second-order valence-corrected chi connectivity index (χ2v) is 6.13. The van der Waals surface area contributed by atoms with Gasteiger partial charge in [-0.3, -0.25) is 0 Å². The zero-order valence-electron chi connectivity index (χ0n) is 13.2. The van der Waals surface area contributed by atoms with E-state index in [4.69, 9.17) is 4.98 Å². The number of nitrogens with one attached hydrogen (secondary N) is 1. The molecule has 1 aromatic heterocycles. The van der Waals surface area contributed by atoms with Crippen LogP contribution in [-0.2, 0) is 6.54 Å². The second-order valence-electron chi connectivity index (χ2n) is 6.13. The molecule has 3 heteroatoms. The topological polar surface area (TPSA) is 28.2 Å². The molecule has 1 aliphatic rings. The summed E-state index contributed by atoms with van der Waals surface area (Å²) in [7, 11) is 0. The molecule has 1 aromatic rings. The van der Waals surface area contributed by atoms with Crippen molar-refractivity contribution < 1.29 is 0 Å². The summed E-state index contributed by atoms with van der Waals surface area (Å²) in [6.07, 6.45) is 8.48. The third kappa shape index (κ3) is 3.95. The zero-order valence-corrected chi connectivity index (χ0v) is 13.2. The molecule has 1 atom stereocenters. The highest BCUT2D eigenvalue weighted by molar-refractivity contribution is 5.48. The van der Waals surface area contributed by atoms with Gasteiger partial charge in [0.05, 0.1) is 0 Å². The monoisotopic (exact) mass is 275 g/mol. The molecule has 1 aliphatic heterocycles. The first-order chi connectivity index (χ1) is 9.72. The van der Waals surface area contributed by atoms with Crippen molar-refractivity contribution in [2.45, 2.75) is 71.5 Å². The molecule has 1 fully saturated rings. The van der Waals surface area contributed by atoms with E-state index >= 15 is 0 Å². The van der Waals surface area contributed by atoms with Crippen molar-refractivity contribution in [3.8, 4) is 0 Å². The summed E-state index contributed by atoms with van der Waals surface area (Å²) < 4.78 is 0. The predicted octanol–water partition coefficient (Wildman–Crippen LogP) is 3.74. The van der Waals surface area contributed by atoms with E-state index in [2.05, 4.69) is 43.1 Å². The standard InChI is InChI=1S/C17H29N3/c1-4-16-10-6-5-7-12-20(16)17-15(9-8-11-18-17)13-19-14(2)3/h8-9,11,14,16,19H,4-7,10,12-13H2,1-3H3. The first-order valence-corrected chi connectivity index (χ1v) is 8.16. The lowest BCUT2D eigenvalue weighted by atomic mass is 10.1. The van der Waals surface area contributed by atoms with E-state index < -0.39 is 0 Å². The van der Waals surface area contributed by atoms with Gasteiger partial charge in [-0.15, -0.1) is 0 Å². The van der Waals surface area contributed by atoms with Crippen LogP contribution in [0.5, 0.6) is 0 Å². The minimum atomic E-state index is 0.508. The minimum Gasteiger partial charge on any atom is -0.353 e. The van der Waals surface area contributed by atoms with Crippen LogP contribution in [0.4, 0.5) is 5.82 Å². The molecule has 2 rings (SSSR count). The number of aromatic nitrogens is 1. The van der Waals surface area contributed by atoms with Gasteiger partial charge in [0.15, 0.2) is 0 Å². The van der Waals surface area contributed by atoms with Gasteiger partial charge in [0.25, 0.3) is 0 Å². The Hall–Kier alpha value is -1.09. The fraction of sp³-hybridized carbons (Fsp3) is 0.706. The molecule has 0 aliphatic carbocycles. The van der Waals surface area contributed by atoms with E-state index in [9.17, 15) is 0 Å². The average Bonchev–Trinajstić information content (AvgIpc) is 2.70. The van der Waals surface area contributed by atoms with Gasteiger partial charge in [-0.2, -0.15) is 0 Å². The van der Waals surface area contributed by atoms with Crippen LogP contribution in [0.3, 0.4) is 0 Å². The number of rotatable bonds is 5. The number of anilines is 1. The lowest BCUT2D eigenvalue weighted by molar-refractivity contribution is 0.545. The minimum absolute atomic E-state index is 0.508. The molecule has 2 heterocycles.